The Balaban J connectivity index is 0.00000385. The van der Waals surface area contributed by atoms with Crippen LogP contribution >= 0.6 is 24.0 Å². The van der Waals surface area contributed by atoms with Crippen molar-refractivity contribution in [1.29, 1.82) is 0 Å². The Morgan fingerprint density at radius 1 is 1.09 bits per heavy atom. The number of aliphatic imine (C=N–C) groups is 1. The van der Waals surface area contributed by atoms with Crippen molar-refractivity contribution in [2.75, 3.05) is 19.7 Å². The second kappa shape index (κ2) is 13.2. The molecule has 0 amide bonds. The first kappa shape index (κ1) is 26.7. The summed E-state index contributed by atoms with van der Waals surface area (Å²) in [5, 5.41) is 21.4. The zero-order valence-corrected chi connectivity index (χ0v) is 22.0. The van der Waals surface area contributed by atoms with Gasteiger partial charge in [0.25, 0.3) is 0 Å². The third kappa shape index (κ3) is 8.04. The molecule has 3 aromatic rings. The lowest BCUT2D eigenvalue weighted by molar-refractivity contribution is 0.110. The predicted molar refractivity (Wildman–Crippen MR) is 144 cm³/mol. The molecule has 1 atom stereocenters. The number of nitrogens with zero attached hydrogens (tertiary/aromatic N) is 3. The van der Waals surface area contributed by atoms with Gasteiger partial charge in [0.1, 0.15) is 18.5 Å². The maximum Gasteiger partial charge on any atom is 0.191 e. The first-order valence-electron chi connectivity index (χ1n) is 11.0. The van der Waals surface area contributed by atoms with Crippen LogP contribution in [-0.4, -0.2) is 46.6 Å². The number of rotatable bonds is 9. The zero-order chi connectivity index (χ0) is 22.9. The highest BCUT2D eigenvalue weighted by Crippen LogP contribution is 2.18. The van der Waals surface area contributed by atoms with Crippen molar-refractivity contribution in [3.63, 3.8) is 0 Å². The van der Waals surface area contributed by atoms with Gasteiger partial charge in [0, 0.05) is 18.8 Å². The highest BCUT2D eigenvalue weighted by Gasteiger charge is 2.10. The van der Waals surface area contributed by atoms with E-state index in [4.69, 9.17) is 9.73 Å². The van der Waals surface area contributed by atoms with E-state index in [1.54, 1.807) is 0 Å². The van der Waals surface area contributed by atoms with E-state index in [-0.39, 0.29) is 30.6 Å². The third-order valence-corrected chi connectivity index (χ3v) is 4.92. The van der Waals surface area contributed by atoms with Crippen molar-refractivity contribution in [1.82, 2.24) is 20.4 Å². The molecule has 0 spiro atoms. The maximum atomic E-state index is 10.3. The monoisotopic (exact) mass is 563 g/mol. The van der Waals surface area contributed by atoms with Gasteiger partial charge >= 0.3 is 0 Å². The summed E-state index contributed by atoms with van der Waals surface area (Å²) in [5.41, 5.74) is 5.28. The van der Waals surface area contributed by atoms with Crippen LogP contribution in [0.2, 0.25) is 0 Å². The summed E-state index contributed by atoms with van der Waals surface area (Å²) in [6, 6.07) is 18.0. The normalized spacial score (nSPS) is 12.1. The first-order valence-corrected chi connectivity index (χ1v) is 11.0. The van der Waals surface area contributed by atoms with Crippen LogP contribution in [0.5, 0.6) is 5.75 Å². The van der Waals surface area contributed by atoms with Crippen LogP contribution in [0, 0.1) is 20.8 Å². The third-order valence-electron chi connectivity index (χ3n) is 4.92. The fourth-order valence-corrected chi connectivity index (χ4v) is 3.40. The SMILES string of the molecule is CCNC(=NCc1ccccc1-n1nc(C)cc1C)NCC(O)COc1cccc(C)c1.I. The van der Waals surface area contributed by atoms with Gasteiger partial charge in [-0.1, -0.05) is 30.3 Å². The molecule has 0 aliphatic rings. The first-order chi connectivity index (χ1) is 15.5. The molecule has 0 radical (unpaired) electrons. The molecular weight excluding hydrogens is 529 g/mol. The van der Waals surface area contributed by atoms with Crippen molar-refractivity contribution >= 4 is 29.9 Å². The smallest absolute Gasteiger partial charge is 0.191 e. The van der Waals surface area contributed by atoms with Gasteiger partial charge in [-0.15, -0.1) is 24.0 Å². The van der Waals surface area contributed by atoms with E-state index < -0.39 is 6.10 Å². The van der Waals surface area contributed by atoms with E-state index in [0.717, 1.165) is 40.5 Å². The molecule has 0 saturated carbocycles. The van der Waals surface area contributed by atoms with Gasteiger partial charge in [0.15, 0.2) is 5.96 Å². The van der Waals surface area contributed by atoms with Crippen molar-refractivity contribution in [3.8, 4) is 11.4 Å². The number of aryl methyl sites for hydroxylation is 3. The highest BCUT2D eigenvalue weighted by molar-refractivity contribution is 14.0. The minimum Gasteiger partial charge on any atom is -0.491 e. The van der Waals surface area contributed by atoms with Crippen LogP contribution in [-0.2, 0) is 6.54 Å². The topological polar surface area (TPSA) is 83.7 Å². The number of aliphatic hydroxyl groups excluding tert-OH is 1. The summed E-state index contributed by atoms with van der Waals surface area (Å²) >= 11 is 0. The van der Waals surface area contributed by atoms with E-state index in [2.05, 4.69) is 33.9 Å². The molecule has 1 unspecified atom stereocenters. The van der Waals surface area contributed by atoms with Crippen molar-refractivity contribution in [2.24, 2.45) is 4.99 Å². The number of benzene rings is 2. The lowest BCUT2D eigenvalue weighted by Crippen LogP contribution is -2.42. The summed E-state index contributed by atoms with van der Waals surface area (Å²) in [6.45, 7) is 9.81. The minimum absolute atomic E-state index is 0. The minimum atomic E-state index is -0.665. The van der Waals surface area contributed by atoms with Crippen LogP contribution in [0.15, 0.2) is 59.6 Å². The average molecular weight is 563 g/mol. The Morgan fingerprint density at radius 3 is 2.58 bits per heavy atom. The van der Waals surface area contributed by atoms with E-state index in [9.17, 15) is 5.11 Å². The number of ether oxygens (including phenoxy) is 1. The number of nitrogens with one attached hydrogen (secondary N) is 2. The quantitative estimate of drug-likeness (QED) is 0.209. The molecule has 8 heteroatoms. The van der Waals surface area contributed by atoms with Crippen molar-refractivity contribution in [3.05, 3.63) is 77.1 Å². The van der Waals surface area contributed by atoms with Crippen LogP contribution in [0.1, 0.15) is 29.4 Å². The molecule has 33 heavy (non-hydrogen) atoms. The number of para-hydroxylation sites is 1. The van der Waals surface area contributed by atoms with E-state index >= 15 is 0 Å². The second-order valence-electron chi connectivity index (χ2n) is 7.83. The van der Waals surface area contributed by atoms with Crippen LogP contribution in [0.4, 0.5) is 0 Å². The molecule has 0 fully saturated rings. The number of guanidine groups is 1. The van der Waals surface area contributed by atoms with E-state index in [0.29, 0.717) is 19.0 Å². The molecule has 2 aromatic carbocycles. The Morgan fingerprint density at radius 2 is 1.88 bits per heavy atom. The molecule has 178 valence electrons. The highest BCUT2D eigenvalue weighted by atomic mass is 127. The molecule has 3 N–H and O–H groups in total. The zero-order valence-electron chi connectivity index (χ0n) is 19.7. The average Bonchev–Trinajstić information content (AvgIpc) is 3.12. The molecule has 1 aromatic heterocycles. The predicted octanol–water partition coefficient (Wildman–Crippen LogP) is 3.91. The van der Waals surface area contributed by atoms with E-state index in [1.807, 2.05) is 68.8 Å². The van der Waals surface area contributed by atoms with Gasteiger partial charge in [0.05, 0.1) is 17.9 Å². The van der Waals surface area contributed by atoms with Gasteiger partial charge in [-0.3, -0.25) is 0 Å². The largest absolute Gasteiger partial charge is 0.491 e. The van der Waals surface area contributed by atoms with Crippen LogP contribution < -0.4 is 15.4 Å². The van der Waals surface area contributed by atoms with Crippen LogP contribution in [0.25, 0.3) is 5.69 Å². The lowest BCUT2D eigenvalue weighted by Gasteiger charge is -2.16. The van der Waals surface area contributed by atoms with Crippen molar-refractivity contribution in [2.45, 2.75) is 40.3 Å². The molecule has 3 rings (SSSR count). The summed E-state index contributed by atoms with van der Waals surface area (Å²) < 4.78 is 7.64. The maximum absolute atomic E-state index is 10.3. The van der Waals surface area contributed by atoms with Crippen molar-refractivity contribution < 1.29 is 9.84 Å². The lowest BCUT2D eigenvalue weighted by atomic mass is 10.2. The molecule has 0 aliphatic heterocycles. The number of hydrogen-bond donors (Lipinski definition) is 3. The number of aromatic nitrogens is 2. The summed E-state index contributed by atoms with van der Waals surface area (Å²) in [4.78, 5) is 4.71. The van der Waals surface area contributed by atoms with Gasteiger partial charge in [-0.25, -0.2) is 9.67 Å². The molecular formula is C25H34IN5O2. The second-order valence-corrected chi connectivity index (χ2v) is 7.83. The Hall–Kier alpha value is -2.59. The fourth-order valence-electron chi connectivity index (χ4n) is 3.40. The molecule has 0 bridgehead atoms. The Bertz CT molecular complexity index is 1050. The summed E-state index contributed by atoms with van der Waals surface area (Å²) in [7, 11) is 0. The standard InChI is InChI=1S/C25H33N5O2.HI/c1-5-26-25(28-16-22(31)17-32-23-11-8-9-18(2)13-23)27-15-21-10-6-7-12-24(21)30-20(4)14-19(3)29-30;/h6-14,22,31H,5,15-17H2,1-4H3,(H2,26,27,28);1H. The Kier molecular flexibility index (Phi) is 10.7. The summed E-state index contributed by atoms with van der Waals surface area (Å²) in [5.74, 6) is 1.40. The number of aliphatic hydroxyl groups is 1. The molecule has 0 aliphatic carbocycles. The van der Waals surface area contributed by atoms with Crippen LogP contribution in [0.3, 0.4) is 0 Å². The number of halogens is 1. The molecule has 1 heterocycles. The van der Waals surface area contributed by atoms with Gasteiger partial charge in [-0.2, -0.15) is 5.10 Å². The Labute approximate surface area is 213 Å². The fraction of sp³-hybridized carbons (Fsp3) is 0.360. The molecule has 0 saturated heterocycles. The summed E-state index contributed by atoms with van der Waals surface area (Å²) in [6.07, 6.45) is -0.665. The van der Waals surface area contributed by atoms with Gasteiger partial charge < -0.3 is 20.5 Å². The van der Waals surface area contributed by atoms with Gasteiger partial charge in [-0.05, 0) is 63.1 Å². The van der Waals surface area contributed by atoms with Gasteiger partial charge in [0.2, 0.25) is 0 Å². The molecule has 7 nitrogen and oxygen atoms in total. The van der Waals surface area contributed by atoms with E-state index in [1.165, 1.54) is 0 Å². The number of hydrogen-bond acceptors (Lipinski definition) is 4.